The molecule has 0 saturated carbocycles. The third kappa shape index (κ3) is 4.15. The number of likely N-dealkylation sites (tertiary alicyclic amines) is 1. The summed E-state index contributed by atoms with van der Waals surface area (Å²) in [7, 11) is 1.36. The van der Waals surface area contributed by atoms with Gasteiger partial charge in [-0.2, -0.15) is 0 Å². The van der Waals surface area contributed by atoms with Crippen molar-refractivity contribution in [3.63, 3.8) is 0 Å². The molecule has 0 radical (unpaired) electrons. The fraction of sp³-hybridized carbons (Fsp3) is 0.348. The summed E-state index contributed by atoms with van der Waals surface area (Å²) in [5.41, 5.74) is 3.32. The summed E-state index contributed by atoms with van der Waals surface area (Å²) in [5.74, 6) is 0.0389. The van der Waals surface area contributed by atoms with Crippen molar-refractivity contribution in [1.82, 2.24) is 14.3 Å². The number of hydrogen-bond acceptors (Lipinski definition) is 5. The highest BCUT2D eigenvalue weighted by molar-refractivity contribution is 5.97. The molecule has 3 aromatic rings. The SMILES string of the molecule is COC(=O)C1CCCCN1C(=O)c1cccc(OCc2cn3cc(C)ccc3n2)c1. The monoisotopic (exact) mass is 407 g/mol. The van der Waals surface area contributed by atoms with Gasteiger partial charge in [-0.05, 0) is 56.0 Å². The van der Waals surface area contributed by atoms with Gasteiger partial charge in [0.25, 0.3) is 5.91 Å². The van der Waals surface area contributed by atoms with Crippen LogP contribution < -0.4 is 4.74 Å². The zero-order valence-corrected chi connectivity index (χ0v) is 17.2. The lowest BCUT2D eigenvalue weighted by Gasteiger charge is -2.33. The lowest BCUT2D eigenvalue weighted by molar-refractivity contribution is -0.147. The Hall–Kier alpha value is -3.35. The molecule has 7 heteroatoms. The minimum absolute atomic E-state index is 0.182. The number of ether oxygens (including phenoxy) is 2. The molecule has 1 fully saturated rings. The van der Waals surface area contributed by atoms with Crippen molar-refractivity contribution >= 4 is 17.5 Å². The van der Waals surface area contributed by atoms with Crippen LogP contribution in [0.4, 0.5) is 0 Å². The van der Waals surface area contributed by atoms with Gasteiger partial charge < -0.3 is 18.8 Å². The first-order valence-electron chi connectivity index (χ1n) is 10.1. The molecule has 1 aliphatic heterocycles. The number of carbonyl (C=O) groups is 2. The van der Waals surface area contributed by atoms with Crippen LogP contribution in [0.2, 0.25) is 0 Å². The number of piperidine rings is 1. The quantitative estimate of drug-likeness (QED) is 0.606. The summed E-state index contributed by atoms with van der Waals surface area (Å²) in [5, 5.41) is 0. The van der Waals surface area contributed by atoms with E-state index in [1.165, 1.54) is 7.11 Å². The molecule has 0 aliphatic carbocycles. The number of aromatic nitrogens is 2. The number of methoxy groups -OCH3 is 1. The first-order valence-corrected chi connectivity index (χ1v) is 10.1. The number of amides is 1. The van der Waals surface area contributed by atoms with E-state index in [0.717, 1.165) is 29.7 Å². The summed E-state index contributed by atoms with van der Waals surface area (Å²) >= 11 is 0. The molecule has 1 aromatic carbocycles. The van der Waals surface area contributed by atoms with Crippen LogP contribution in [-0.4, -0.2) is 45.9 Å². The van der Waals surface area contributed by atoms with Crippen molar-refractivity contribution in [3.05, 3.63) is 65.6 Å². The highest BCUT2D eigenvalue weighted by atomic mass is 16.5. The molecular formula is C23H25N3O4. The van der Waals surface area contributed by atoms with Crippen LogP contribution in [0.1, 0.15) is 40.9 Å². The fourth-order valence-electron chi connectivity index (χ4n) is 3.82. The molecule has 1 atom stereocenters. The second kappa shape index (κ2) is 8.57. The van der Waals surface area contributed by atoms with Gasteiger partial charge in [0.05, 0.1) is 12.8 Å². The number of fused-ring (bicyclic) bond motifs is 1. The Labute approximate surface area is 175 Å². The first kappa shape index (κ1) is 19.9. The van der Waals surface area contributed by atoms with E-state index in [2.05, 4.69) is 4.98 Å². The molecule has 0 bridgehead atoms. The molecule has 156 valence electrons. The van der Waals surface area contributed by atoms with Crippen molar-refractivity contribution in [2.45, 2.75) is 38.8 Å². The van der Waals surface area contributed by atoms with Crippen molar-refractivity contribution in [2.24, 2.45) is 0 Å². The van der Waals surface area contributed by atoms with Gasteiger partial charge in [0.15, 0.2) is 0 Å². The largest absolute Gasteiger partial charge is 0.487 e. The van der Waals surface area contributed by atoms with E-state index in [4.69, 9.17) is 9.47 Å². The van der Waals surface area contributed by atoms with E-state index in [0.29, 0.717) is 30.9 Å². The number of esters is 1. The zero-order valence-electron chi connectivity index (χ0n) is 17.2. The average Bonchev–Trinajstić information content (AvgIpc) is 3.19. The summed E-state index contributed by atoms with van der Waals surface area (Å²) in [6.07, 6.45) is 6.36. The van der Waals surface area contributed by atoms with Gasteiger partial charge in [0.1, 0.15) is 24.0 Å². The number of carbonyl (C=O) groups excluding carboxylic acids is 2. The second-order valence-electron chi connectivity index (χ2n) is 7.55. The molecule has 1 unspecified atom stereocenters. The zero-order chi connectivity index (χ0) is 21.1. The van der Waals surface area contributed by atoms with Crippen LogP contribution in [0.25, 0.3) is 5.65 Å². The second-order valence-corrected chi connectivity index (χ2v) is 7.55. The average molecular weight is 407 g/mol. The van der Waals surface area contributed by atoms with Gasteiger partial charge in [-0.15, -0.1) is 0 Å². The normalized spacial score (nSPS) is 16.5. The van der Waals surface area contributed by atoms with E-state index in [1.807, 2.05) is 41.9 Å². The molecule has 3 heterocycles. The predicted molar refractivity (Wildman–Crippen MR) is 111 cm³/mol. The maximum absolute atomic E-state index is 13.1. The van der Waals surface area contributed by atoms with Crippen molar-refractivity contribution in [1.29, 1.82) is 0 Å². The van der Waals surface area contributed by atoms with Crippen LogP contribution in [0.5, 0.6) is 5.75 Å². The molecule has 1 aliphatic rings. The number of hydrogen-bond donors (Lipinski definition) is 0. The van der Waals surface area contributed by atoms with Crippen LogP contribution in [0.15, 0.2) is 48.8 Å². The number of imidazole rings is 1. The van der Waals surface area contributed by atoms with Gasteiger partial charge in [0.2, 0.25) is 0 Å². The Bertz CT molecular complexity index is 1080. The lowest BCUT2D eigenvalue weighted by atomic mass is 10.0. The van der Waals surface area contributed by atoms with E-state index in [-0.39, 0.29) is 11.9 Å². The Kier molecular flexibility index (Phi) is 5.70. The van der Waals surface area contributed by atoms with Gasteiger partial charge in [0, 0.05) is 24.5 Å². The minimum atomic E-state index is -0.526. The van der Waals surface area contributed by atoms with Gasteiger partial charge in [-0.25, -0.2) is 9.78 Å². The van der Waals surface area contributed by atoms with Crippen LogP contribution in [0.3, 0.4) is 0 Å². The van der Waals surface area contributed by atoms with Crippen LogP contribution in [-0.2, 0) is 16.1 Å². The molecule has 1 amide bonds. The van der Waals surface area contributed by atoms with Crippen molar-refractivity contribution in [3.8, 4) is 5.75 Å². The molecule has 0 spiro atoms. The molecule has 1 saturated heterocycles. The maximum atomic E-state index is 13.1. The third-order valence-electron chi connectivity index (χ3n) is 5.35. The van der Waals surface area contributed by atoms with E-state index in [1.54, 1.807) is 23.1 Å². The minimum Gasteiger partial charge on any atom is -0.487 e. The van der Waals surface area contributed by atoms with Crippen LogP contribution in [0, 0.1) is 6.92 Å². The fourth-order valence-corrected chi connectivity index (χ4v) is 3.82. The summed E-state index contributed by atoms with van der Waals surface area (Å²) < 4.78 is 12.7. The maximum Gasteiger partial charge on any atom is 0.328 e. The van der Waals surface area contributed by atoms with Gasteiger partial charge >= 0.3 is 5.97 Å². The molecule has 30 heavy (non-hydrogen) atoms. The molecule has 0 N–H and O–H groups in total. The highest BCUT2D eigenvalue weighted by Crippen LogP contribution is 2.23. The van der Waals surface area contributed by atoms with Crippen molar-refractivity contribution in [2.75, 3.05) is 13.7 Å². The number of rotatable bonds is 5. The molecular weight excluding hydrogens is 382 g/mol. The number of benzene rings is 1. The van der Waals surface area contributed by atoms with Crippen molar-refractivity contribution < 1.29 is 19.1 Å². The standard InChI is InChI=1S/C23H25N3O4/c1-16-9-10-21-24-18(14-25(21)13-16)15-30-19-7-5-6-17(12-19)22(27)26-11-4-3-8-20(26)23(28)29-2/h5-7,9-10,12-14,20H,3-4,8,11,15H2,1-2H3. The Balaban J connectivity index is 1.47. The Morgan fingerprint density at radius 1 is 1.17 bits per heavy atom. The lowest BCUT2D eigenvalue weighted by Crippen LogP contribution is -2.48. The molecule has 2 aromatic heterocycles. The van der Waals surface area contributed by atoms with Gasteiger partial charge in [-0.1, -0.05) is 12.1 Å². The third-order valence-corrected chi connectivity index (χ3v) is 5.35. The molecule has 4 rings (SSSR count). The van der Waals surface area contributed by atoms with E-state index < -0.39 is 6.04 Å². The van der Waals surface area contributed by atoms with E-state index >= 15 is 0 Å². The number of pyridine rings is 1. The predicted octanol–water partition coefficient (Wildman–Crippen LogP) is 3.39. The smallest absolute Gasteiger partial charge is 0.328 e. The summed E-state index contributed by atoms with van der Waals surface area (Å²) in [6.45, 7) is 2.88. The Morgan fingerprint density at radius 2 is 2.03 bits per heavy atom. The molecule has 7 nitrogen and oxygen atoms in total. The van der Waals surface area contributed by atoms with Crippen LogP contribution >= 0.6 is 0 Å². The first-order chi connectivity index (χ1) is 14.5. The van der Waals surface area contributed by atoms with Gasteiger partial charge in [-0.3, -0.25) is 4.79 Å². The topological polar surface area (TPSA) is 73.1 Å². The Morgan fingerprint density at radius 3 is 2.87 bits per heavy atom. The summed E-state index contributed by atoms with van der Waals surface area (Å²) in [6, 6.07) is 10.5. The number of aryl methyl sites for hydroxylation is 1. The summed E-state index contributed by atoms with van der Waals surface area (Å²) in [4.78, 5) is 31.3. The number of nitrogens with zero attached hydrogens (tertiary/aromatic N) is 3. The highest BCUT2D eigenvalue weighted by Gasteiger charge is 2.33. The van der Waals surface area contributed by atoms with E-state index in [9.17, 15) is 9.59 Å².